The summed E-state index contributed by atoms with van der Waals surface area (Å²) in [7, 11) is 0. The van der Waals surface area contributed by atoms with Crippen LogP contribution in [0.5, 0.6) is 0 Å². The SMILES string of the molecule is CC(C)Cn1ncnc1CC(CCc1ccncc1)NN. The average molecular weight is 288 g/mol. The Hall–Kier alpha value is -1.79. The lowest BCUT2D eigenvalue weighted by molar-refractivity contribution is 0.432. The molecular weight excluding hydrogens is 264 g/mol. The summed E-state index contributed by atoms with van der Waals surface area (Å²) in [6, 6.07) is 4.26. The van der Waals surface area contributed by atoms with Gasteiger partial charge in [0.05, 0.1) is 0 Å². The number of nitrogens with two attached hydrogens (primary N) is 1. The van der Waals surface area contributed by atoms with E-state index in [2.05, 4.69) is 34.3 Å². The van der Waals surface area contributed by atoms with Crippen molar-refractivity contribution in [3.8, 4) is 0 Å². The minimum atomic E-state index is 0.188. The Balaban J connectivity index is 1.91. The molecule has 2 aromatic rings. The summed E-state index contributed by atoms with van der Waals surface area (Å²) in [6.07, 6.45) is 7.96. The largest absolute Gasteiger partial charge is 0.271 e. The Labute approximate surface area is 125 Å². The highest BCUT2D eigenvalue weighted by atomic mass is 15.3. The monoisotopic (exact) mass is 288 g/mol. The number of hydrogen-bond acceptors (Lipinski definition) is 5. The van der Waals surface area contributed by atoms with Crippen molar-refractivity contribution in [1.29, 1.82) is 0 Å². The maximum absolute atomic E-state index is 5.69. The number of nitrogens with one attached hydrogen (secondary N) is 1. The van der Waals surface area contributed by atoms with Crippen molar-refractivity contribution in [2.45, 2.75) is 45.7 Å². The lowest BCUT2D eigenvalue weighted by Crippen LogP contribution is -2.38. The molecule has 0 saturated heterocycles. The zero-order valence-corrected chi connectivity index (χ0v) is 12.7. The van der Waals surface area contributed by atoms with Gasteiger partial charge in [-0.1, -0.05) is 13.8 Å². The molecule has 0 amide bonds. The van der Waals surface area contributed by atoms with Gasteiger partial charge in [-0.05, 0) is 36.5 Å². The van der Waals surface area contributed by atoms with Gasteiger partial charge in [-0.2, -0.15) is 5.10 Å². The molecule has 2 rings (SSSR count). The minimum absolute atomic E-state index is 0.188. The first-order valence-corrected chi connectivity index (χ1v) is 7.40. The molecule has 0 aliphatic rings. The molecule has 1 atom stereocenters. The van der Waals surface area contributed by atoms with Gasteiger partial charge in [-0.15, -0.1) is 0 Å². The molecular formula is C15H24N6. The van der Waals surface area contributed by atoms with Gasteiger partial charge in [-0.3, -0.25) is 16.3 Å². The summed E-state index contributed by atoms with van der Waals surface area (Å²) >= 11 is 0. The number of hydrazine groups is 1. The van der Waals surface area contributed by atoms with Gasteiger partial charge in [-0.25, -0.2) is 9.67 Å². The number of nitrogens with zero attached hydrogens (tertiary/aromatic N) is 4. The van der Waals surface area contributed by atoms with Crippen molar-refractivity contribution in [2.24, 2.45) is 11.8 Å². The first-order chi connectivity index (χ1) is 10.2. The molecule has 2 aromatic heterocycles. The minimum Gasteiger partial charge on any atom is -0.271 e. The van der Waals surface area contributed by atoms with Crippen LogP contribution in [-0.4, -0.2) is 25.8 Å². The molecule has 0 aromatic carbocycles. The van der Waals surface area contributed by atoms with Crippen LogP contribution < -0.4 is 11.3 Å². The number of hydrogen-bond donors (Lipinski definition) is 2. The molecule has 1 unspecified atom stereocenters. The smallest absolute Gasteiger partial charge is 0.138 e. The van der Waals surface area contributed by atoms with Crippen LogP contribution in [0.2, 0.25) is 0 Å². The van der Waals surface area contributed by atoms with Gasteiger partial charge in [0.1, 0.15) is 12.2 Å². The summed E-state index contributed by atoms with van der Waals surface area (Å²) in [6.45, 7) is 5.23. The third-order valence-electron chi connectivity index (χ3n) is 3.43. The fraction of sp³-hybridized carbons (Fsp3) is 0.533. The maximum Gasteiger partial charge on any atom is 0.138 e. The number of rotatable bonds is 8. The van der Waals surface area contributed by atoms with Crippen molar-refractivity contribution < 1.29 is 0 Å². The van der Waals surface area contributed by atoms with Crippen LogP contribution in [0, 0.1) is 5.92 Å². The lowest BCUT2D eigenvalue weighted by Gasteiger charge is -2.16. The fourth-order valence-corrected chi connectivity index (χ4v) is 2.30. The second kappa shape index (κ2) is 7.85. The molecule has 0 fully saturated rings. The second-order valence-electron chi connectivity index (χ2n) is 5.71. The van der Waals surface area contributed by atoms with Gasteiger partial charge < -0.3 is 0 Å². The number of pyridine rings is 1. The third-order valence-corrected chi connectivity index (χ3v) is 3.43. The van der Waals surface area contributed by atoms with Crippen molar-refractivity contribution in [3.63, 3.8) is 0 Å². The van der Waals surface area contributed by atoms with Crippen LogP contribution in [0.1, 0.15) is 31.7 Å². The van der Waals surface area contributed by atoms with Gasteiger partial charge in [0.15, 0.2) is 0 Å². The van der Waals surface area contributed by atoms with Gasteiger partial charge >= 0.3 is 0 Å². The van der Waals surface area contributed by atoms with Crippen LogP contribution in [0.3, 0.4) is 0 Å². The van der Waals surface area contributed by atoms with Crippen molar-refractivity contribution in [3.05, 3.63) is 42.2 Å². The highest BCUT2D eigenvalue weighted by Gasteiger charge is 2.13. The molecule has 3 N–H and O–H groups in total. The number of aromatic nitrogens is 4. The van der Waals surface area contributed by atoms with Crippen LogP contribution in [0.25, 0.3) is 0 Å². The molecule has 6 nitrogen and oxygen atoms in total. The Kier molecular flexibility index (Phi) is 5.83. The molecule has 0 saturated carbocycles. The van der Waals surface area contributed by atoms with Gasteiger partial charge in [0.2, 0.25) is 0 Å². The van der Waals surface area contributed by atoms with E-state index < -0.39 is 0 Å². The molecule has 0 spiro atoms. The summed E-state index contributed by atoms with van der Waals surface area (Å²) in [5.41, 5.74) is 4.17. The van der Waals surface area contributed by atoms with E-state index in [1.54, 1.807) is 6.33 Å². The van der Waals surface area contributed by atoms with Gasteiger partial charge in [0, 0.05) is 31.4 Å². The van der Waals surface area contributed by atoms with E-state index in [4.69, 9.17) is 5.84 Å². The number of aryl methyl sites for hydroxylation is 1. The Bertz CT molecular complexity index is 522. The summed E-state index contributed by atoms with van der Waals surface area (Å²) < 4.78 is 1.97. The van der Waals surface area contributed by atoms with Crippen LogP contribution in [0.15, 0.2) is 30.9 Å². The van der Waals surface area contributed by atoms with Crippen LogP contribution >= 0.6 is 0 Å². The third kappa shape index (κ3) is 4.91. The Morgan fingerprint density at radius 2 is 2.05 bits per heavy atom. The highest BCUT2D eigenvalue weighted by Crippen LogP contribution is 2.09. The zero-order chi connectivity index (χ0) is 15.1. The molecule has 114 valence electrons. The average Bonchev–Trinajstić information content (AvgIpc) is 2.90. The Morgan fingerprint density at radius 3 is 2.71 bits per heavy atom. The topological polar surface area (TPSA) is 81.7 Å². The summed E-state index contributed by atoms with van der Waals surface area (Å²) in [5, 5.41) is 4.29. The fourth-order valence-electron chi connectivity index (χ4n) is 2.30. The first kappa shape index (κ1) is 15.6. The first-order valence-electron chi connectivity index (χ1n) is 7.40. The predicted octanol–water partition coefficient (Wildman–Crippen LogP) is 1.34. The van der Waals surface area contributed by atoms with E-state index in [0.717, 1.165) is 31.6 Å². The lowest BCUT2D eigenvalue weighted by atomic mass is 10.0. The standard InChI is InChI=1S/C15H24N6/c1-12(2)10-21-15(18-11-19-21)9-14(20-16)4-3-13-5-7-17-8-6-13/h5-8,11-12,14,20H,3-4,9-10,16H2,1-2H3. The van der Waals surface area contributed by atoms with Crippen molar-refractivity contribution in [2.75, 3.05) is 0 Å². The maximum atomic E-state index is 5.69. The van der Waals surface area contributed by atoms with Gasteiger partial charge in [0.25, 0.3) is 0 Å². The quantitative estimate of drug-likeness (QED) is 0.566. The normalized spacial score (nSPS) is 12.8. The summed E-state index contributed by atoms with van der Waals surface area (Å²) in [5.74, 6) is 7.22. The Morgan fingerprint density at radius 1 is 1.29 bits per heavy atom. The predicted molar refractivity (Wildman–Crippen MR) is 82.2 cm³/mol. The van der Waals surface area contributed by atoms with Crippen LogP contribution in [0.4, 0.5) is 0 Å². The van der Waals surface area contributed by atoms with Crippen LogP contribution in [-0.2, 0) is 19.4 Å². The molecule has 0 aliphatic heterocycles. The van der Waals surface area contributed by atoms with Crippen molar-refractivity contribution in [1.82, 2.24) is 25.2 Å². The van der Waals surface area contributed by atoms with E-state index in [1.165, 1.54) is 5.56 Å². The van der Waals surface area contributed by atoms with Crippen molar-refractivity contribution >= 4 is 0 Å². The van der Waals surface area contributed by atoms with E-state index in [9.17, 15) is 0 Å². The second-order valence-corrected chi connectivity index (χ2v) is 5.71. The molecule has 0 radical (unpaired) electrons. The van der Waals surface area contributed by atoms with E-state index in [0.29, 0.717) is 5.92 Å². The van der Waals surface area contributed by atoms with E-state index in [1.807, 2.05) is 29.2 Å². The van der Waals surface area contributed by atoms with E-state index >= 15 is 0 Å². The molecule has 0 bridgehead atoms. The molecule has 0 aliphatic carbocycles. The van der Waals surface area contributed by atoms with E-state index in [-0.39, 0.29) is 6.04 Å². The molecule has 6 heteroatoms. The molecule has 21 heavy (non-hydrogen) atoms. The highest BCUT2D eigenvalue weighted by molar-refractivity contribution is 5.10. The summed E-state index contributed by atoms with van der Waals surface area (Å²) in [4.78, 5) is 8.39. The molecule has 2 heterocycles. The zero-order valence-electron chi connectivity index (χ0n) is 12.7.